The van der Waals surface area contributed by atoms with Gasteiger partial charge in [0.05, 0.1) is 18.7 Å². The van der Waals surface area contributed by atoms with E-state index in [1.54, 1.807) is 12.3 Å². The minimum absolute atomic E-state index is 0.0393. The van der Waals surface area contributed by atoms with Crippen LogP contribution >= 0.6 is 0 Å². The van der Waals surface area contributed by atoms with E-state index in [-0.39, 0.29) is 18.0 Å². The van der Waals surface area contributed by atoms with Crippen molar-refractivity contribution in [2.24, 2.45) is 7.05 Å². The average Bonchev–Trinajstić information content (AvgIpc) is 3.39. The Morgan fingerprint density at radius 2 is 2.20 bits per heavy atom. The molecule has 132 valence electrons. The SMILES string of the molecule is Cn1nc(C(=O)N[C@H]2CCOC[C@H]2Nc2ccncn2)cc1C1CC1. The lowest BCUT2D eigenvalue weighted by Gasteiger charge is -2.32. The van der Waals surface area contributed by atoms with Crippen LogP contribution in [0.5, 0.6) is 0 Å². The molecule has 1 saturated heterocycles. The van der Waals surface area contributed by atoms with E-state index in [1.165, 1.54) is 19.2 Å². The van der Waals surface area contributed by atoms with Crippen LogP contribution in [0.4, 0.5) is 5.82 Å². The zero-order valence-corrected chi connectivity index (χ0v) is 14.2. The second kappa shape index (κ2) is 6.79. The van der Waals surface area contributed by atoms with Crippen LogP contribution in [0.2, 0.25) is 0 Å². The third-order valence-electron chi connectivity index (χ3n) is 4.73. The number of nitrogens with zero attached hydrogens (tertiary/aromatic N) is 4. The molecule has 0 aromatic carbocycles. The van der Waals surface area contributed by atoms with Gasteiger partial charge in [0.15, 0.2) is 0 Å². The van der Waals surface area contributed by atoms with Crippen molar-refractivity contribution in [3.8, 4) is 0 Å². The van der Waals surface area contributed by atoms with Gasteiger partial charge >= 0.3 is 0 Å². The van der Waals surface area contributed by atoms with Crippen molar-refractivity contribution in [3.63, 3.8) is 0 Å². The molecule has 8 nitrogen and oxygen atoms in total. The number of aromatic nitrogens is 4. The summed E-state index contributed by atoms with van der Waals surface area (Å²) in [5, 5.41) is 10.8. The minimum Gasteiger partial charge on any atom is -0.379 e. The van der Waals surface area contributed by atoms with Crippen molar-refractivity contribution < 1.29 is 9.53 Å². The molecule has 25 heavy (non-hydrogen) atoms. The van der Waals surface area contributed by atoms with Crippen LogP contribution in [0.25, 0.3) is 0 Å². The summed E-state index contributed by atoms with van der Waals surface area (Å²) in [4.78, 5) is 20.7. The van der Waals surface area contributed by atoms with Crippen LogP contribution in [0.1, 0.15) is 41.4 Å². The molecule has 1 saturated carbocycles. The van der Waals surface area contributed by atoms with Crippen molar-refractivity contribution in [2.45, 2.75) is 37.3 Å². The Bertz CT molecular complexity index is 743. The largest absolute Gasteiger partial charge is 0.379 e. The lowest BCUT2D eigenvalue weighted by Crippen LogP contribution is -2.52. The summed E-state index contributed by atoms with van der Waals surface area (Å²) >= 11 is 0. The molecule has 2 aromatic heterocycles. The topological polar surface area (TPSA) is 94.0 Å². The van der Waals surface area contributed by atoms with Gasteiger partial charge in [-0.25, -0.2) is 9.97 Å². The van der Waals surface area contributed by atoms with E-state index in [0.29, 0.717) is 24.8 Å². The molecule has 0 radical (unpaired) electrons. The van der Waals surface area contributed by atoms with Gasteiger partial charge in [-0.3, -0.25) is 9.48 Å². The van der Waals surface area contributed by atoms with Gasteiger partial charge in [-0.05, 0) is 31.4 Å². The Kier molecular flexibility index (Phi) is 4.35. The first kappa shape index (κ1) is 16.0. The zero-order valence-electron chi connectivity index (χ0n) is 14.2. The fraction of sp³-hybridized carbons (Fsp3) is 0.529. The number of rotatable bonds is 5. The standard InChI is InChI=1S/C17H22N6O2/c1-23-15(11-2-3-11)8-13(22-23)17(24)21-12-5-7-25-9-14(12)20-16-4-6-18-10-19-16/h4,6,8,10-12,14H,2-3,5,7,9H2,1H3,(H,21,24)(H,18,19,20)/t12-,14+/m0/s1. The smallest absolute Gasteiger partial charge is 0.272 e. The average molecular weight is 342 g/mol. The molecule has 0 spiro atoms. The van der Waals surface area contributed by atoms with Crippen molar-refractivity contribution in [3.05, 3.63) is 36.0 Å². The highest BCUT2D eigenvalue weighted by Gasteiger charge is 2.31. The third-order valence-corrected chi connectivity index (χ3v) is 4.73. The first-order valence-electron chi connectivity index (χ1n) is 8.66. The summed E-state index contributed by atoms with van der Waals surface area (Å²) in [6, 6.07) is 3.63. The van der Waals surface area contributed by atoms with E-state index < -0.39 is 0 Å². The fourth-order valence-corrected chi connectivity index (χ4v) is 3.22. The second-order valence-electron chi connectivity index (χ2n) is 6.64. The van der Waals surface area contributed by atoms with Gasteiger partial charge in [0.2, 0.25) is 0 Å². The molecular formula is C17H22N6O2. The summed E-state index contributed by atoms with van der Waals surface area (Å²) in [5.74, 6) is 1.15. The number of aryl methyl sites for hydroxylation is 1. The van der Waals surface area contributed by atoms with Gasteiger partial charge in [0, 0.05) is 31.5 Å². The Morgan fingerprint density at radius 3 is 2.96 bits per heavy atom. The summed E-state index contributed by atoms with van der Waals surface area (Å²) in [5.41, 5.74) is 1.63. The van der Waals surface area contributed by atoms with Gasteiger partial charge in [-0.2, -0.15) is 5.10 Å². The molecule has 1 amide bonds. The van der Waals surface area contributed by atoms with E-state index in [9.17, 15) is 4.79 Å². The number of anilines is 1. The molecule has 0 bridgehead atoms. The van der Waals surface area contributed by atoms with E-state index in [1.807, 2.05) is 17.8 Å². The Hall–Kier alpha value is -2.48. The maximum Gasteiger partial charge on any atom is 0.272 e. The van der Waals surface area contributed by atoms with Gasteiger partial charge in [-0.1, -0.05) is 0 Å². The first-order valence-corrected chi connectivity index (χ1v) is 8.66. The molecular weight excluding hydrogens is 320 g/mol. The first-order chi connectivity index (χ1) is 12.2. The van der Waals surface area contributed by atoms with Gasteiger partial charge in [0.1, 0.15) is 17.8 Å². The van der Waals surface area contributed by atoms with Crippen molar-refractivity contribution in [1.29, 1.82) is 0 Å². The summed E-state index contributed by atoms with van der Waals surface area (Å²) in [6.07, 6.45) is 6.29. The molecule has 8 heteroatoms. The van der Waals surface area contributed by atoms with Crippen LogP contribution in [0.3, 0.4) is 0 Å². The van der Waals surface area contributed by atoms with E-state index in [2.05, 4.69) is 25.7 Å². The third kappa shape index (κ3) is 3.63. The number of ether oxygens (including phenoxy) is 1. The number of carbonyl (C=O) groups excluding carboxylic acids is 1. The van der Waals surface area contributed by atoms with Crippen LogP contribution in [-0.4, -0.2) is 51.0 Å². The molecule has 0 unspecified atom stereocenters. The summed E-state index contributed by atoms with van der Waals surface area (Å²) in [6.45, 7) is 1.15. The highest BCUT2D eigenvalue weighted by Crippen LogP contribution is 2.39. The number of hydrogen-bond donors (Lipinski definition) is 2. The monoisotopic (exact) mass is 342 g/mol. The van der Waals surface area contributed by atoms with E-state index >= 15 is 0 Å². The predicted molar refractivity (Wildman–Crippen MR) is 91.3 cm³/mol. The molecule has 2 aromatic rings. The van der Waals surface area contributed by atoms with Crippen LogP contribution in [0, 0.1) is 0 Å². The Morgan fingerprint density at radius 1 is 1.32 bits per heavy atom. The molecule has 1 aliphatic heterocycles. The van der Waals surface area contributed by atoms with E-state index in [4.69, 9.17) is 4.74 Å². The molecule has 1 aliphatic carbocycles. The van der Waals surface area contributed by atoms with Crippen LogP contribution < -0.4 is 10.6 Å². The van der Waals surface area contributed by atoms with Crippen molar-refractivity contribution in [2.75, 3.05) is 18.5 Å². The van der Waals surface area contributed by atoms with Crippen LogP contribution in [-0.2, 0) is 11.8 Å². The number of amides is 1. The normalized spacial score (nSPS) is 23.2. The minimum atomic E-state index is -0.135. The second-order valence-corrected chi connectivity index (χ2v) is 6.64. The molecule has 3 heterocycles. The van der Waals surface area contributed by atoms with Gasteiger partial charge in [0.25, 0.3) is 5.91 Å². The Balaban J connectivity index is 1.43. The quantitative estimate of drug-likeness (QED) is 0.845. The molecule has 2 fully saturated rings. The van der Waals surface area contributed by atoms with Gasteiger partial charge in [-0.15, -0.1) is 0 Å². The van der Waals surface area contributed by atoms with Crippen molar-refractivity contribution >= 4 is 11.7 Å². The maximum atomic E-state index is 12.6. The predicted octanol–water partition coefficient (Wildman–Crippen LogP) is 1.09. The number of nitrogens with one attached hydrogen (secondary N) is 2. The van der Waals surface area contributed by atoms with Crippen molar-refractivity contribution in [1.82, 2.24) is 25.1 Å². The lowest BCUT2D eigenvalue weighted by molar-refractivity contribution is 0.0618. The molecule has 4 rings (SSSR count). The summed E-state index contributed by atoms with van der Waals surface area (Å²) < 4.78 is 7.38. The van der Waals surface area contributed by atoms with Gasteiger partial charge < -0.3 is 15.4 Å². The molecule has 2 atom stereocenters. The fourth-order valence-electron chi connectivity index (χ4n) is 3.22. The van der Waals surface area contributed by atoms with E-state index in [0.717, 1.165) is 17.9 Å². The zero-order chi connectivity index (χ0) is 17.2. The Labute approximate surface area is 146 Å². The number of carbonyl (C=O) groups is 1. The highest BCUT2D eigenvalue weighted by atomic mass is 16.5. The lowest BCUT2D eigenvalue weighted by atomic mass is 10.0. The maximum absolute atomic E-state index is 12.6. The van der Waals surface area contributed by atoms with Crippen LogP contribution in [0.15, 0.2) is 24.7 Å². The molecule has 2 N–H and O–H groups in total. The highest BCUT2D eigenvalue weighted by molar-refractivity contribution is 5.92. The summed E-state index contributed by atoms with van der Waals surface area (Å²) in [7, 11) is 1.90. The molecule has 2 aliphatic rings. The number of hydrogen-bond acceptors (Lipinski definition) is 6.